The highest BCUT2D eigenvalue weighted by molar-refractivity contribution is 5.59. The molecule has 104 valence electrons. The van der Waals surface area contributed by atoms with E-state index >= 15 is 0 Å². The van der Waals surface area contributed by atoms with E-state index in [2.05, 4.69) is 53.5 Å². The highest BCUT2D eigenvalue weighted by Crippen LogP contribution is 2.26. The van der Waals surface area contributed by atoms with Crippen LogP contribution in [-0.4, -0.2) is 39.3 Å². The quantitative estimate of drug-likeness (QED) is 0.896. The maximum absolute atomic E-state index is 3.78. The van der Waals surface area contributed by atoms with E-state index in [1.807, 2.05) is 0 Å². The van der Waals surface area contributed by atoms with E-state index in [1.54, 1.807) is 0 Å². The molecule has 1 aromatic rings. The third kappa shape index (κ3) is 3.21. The van der Waals surface area contributed by atoms with Crippen LogP contribution in [0.25, 0.3) is 0 Å². The van der Waals surface area contributed by atoms with Crippen LogP contribution < -0.4 is 15.1 Å². The fourth-order valence-electron chi connectivity index (χ4n) is 2.90. The smallest absolute Gasteiger partial charge is 0.0387 e. The van der Waals surface area contributed by atoms with Crippen LogP contribution in [0.1, 0.15) is 25.7 Å². The van der Waals surface area contributed by atoms with Crippen LogP contribution >= 0.6 is 0 Å². The topological polar surface area (TPSA) is 18.5 Å². The van der Waals surface area contributed by atoms with E-state index in [9.17, 15) is 0 Å². The van der Waals surface area contributed by atoms with E-state index in [0.29, 0.717) is 6.04 Å². The molecule has 1 N–H and O–H groups in total. The summed E-state index contributed by atoms with van der Waals surface area (Å²) in [4.78, 5) is 4.71. The highest BCUT2D eigenvalue weighted by Gasteiger charge is 2.27. The van der Waals surface area contributed by atoms with Crippen LogP contribution in [-0.2, 0) is 0 Å². The van der Waals surface area contributed by atoms with Crippen LogP contribution in [0.5, 0.6) is 0 Å². The molecule has 2 fully saturated rings. The first-order valence-corrected chi connectivity index (χ1v) is 7.51. The fourth-order valence-corrected chi connectivity index (χ4v) is 2.90. The molecule has 1 aliphatic carbocycles. The number of hydrogen-bond donors (Lipinski definition) is 1. The van der Waals surface area contributed by atoms with Gasteiger partial charge in [-0.3, -0.25) is 0 Å². The van der Waals surface area contributed by atoms with E-state index < -0.39 is 0 Å². The van der Waals surface area contributed by atoms with Gasteiger partial charge in [0.05, 0.1) is 0 Å². The van der Waals surface area contributed by atoms with Crippen molar-refractivity contribution in [2.24, 2.45) is 0 Å². The van der Waals surface area contributed by atoms with E-state index in [1.165, 1.54) is 43.6 Å². The second kappa shape index (κ2) is 5.41. The van der Waals surface area contributed by atoms with Crippen molar-refractivity contribution >= 4 is 11.4 Å². The summed E-state index contributed by atoms with van der Waals surface area (Å²) in [7, 11) is 4.21. The van der Waals surface area contributed by atoms with Crippen molar-refractivity contribution in [1.29, 1.82) is 0 Å². The summed E-state index contributed by atoms with van der Waals surface area (Å²) in [6.07, 6.45) is 5.40. The summed E-state index contributed by atoms with van der Waals surface area (Å²) in [6.45, 7) is 2.35. The molecule has 1 unspecified atom stereocenters. The maximum Gasteiger partial charge on any atom is 0.0387 e. The minimum Gasteiger partial charge on any atom is -0.378 e. The summed E-state index contributed by atoms with van der Waals surface area (Å²) in [6, 6.07) is 10.4. The number of nitrogens with one attached hydrogen (secondary N) is 1. The van der Waals surface area contributed by atoms with Gasteiger partial charge in [-0.15, -0.1) is 0 Å². The molecule has 0 spiro atoms. The van der Waals surface area contributed by atoms with Gasteiger partial charge in [0.15, 0.2) is 0 Å². The maximum atomic E-state index is 3.78. The Labute approximate surface area is 116 Å². The Kier molecular flexibility index (Phi) is 3.65. The Hall–Kier alpha value is -1.22. The largest absolute Gasteiger partial charge is 0.378 e. The Morgan fingerprint density at radius 1 is 1.16 bits per heavy atom. The molecular weight excluding hydrogens is 234 g/mol. The number of hydrogen-bond acceptors (Lipinski definition) is 3. The summed E-state index contributed by atoms with van der Waals surface area (Å²) in [5.41, 5.74) is 2.66. The van der Waals surface area contributed by atoms with Gasteiger partial charge >= 0.3 is 0 Å². The Morgan fingerprint density at radius 3 is 2.74 bits per heavy atom. The van der Waals surface area contributed by atoms with Gasteiger partial charge < -0.3 is 15.1 Å². The van der Waals surface area contributed by atoms with Gasteiger partial charge in [-0.2, -0.15) is 0 Å². The van der Waals surface area contributed by atoms with Crippen molar-refractivity contribution in [3.8, 4) is 0 Å². The number of benzene rings is 1. The van der Waals surface area contributed by atoms with Gasteiger partial charge in [-0.05, 0) is 43.9 Å². The Balaban J connectivity index is 1.68. The molecule has 3 nitrogen and oxygen atoms in total. The van der Waals surface area contributed by atoms with Crippen LogP contribution in [0.15, 0.2) is 24.3 Å². The van der Waals surface area contributed by atoms with Gasteiger partial charge in [-0.1, -0.05) is 6.07 Å². The second-order valence-electron chi connectivity index (χ2n) is 6.14. The molecule has 0 bridgehead atoms. The number of anilines is 2. The molecule has 3 heteroatoms. The van der Waals surface area contributed by atoms with Crippen molar-refractivity contribution in [3.63, 3.8) is 0 Å². The molecule has 3 rings (SSSR count). The van der Waals surface area contributed by atoms with Crippen LogP contribution in [0, 0.1) is 0 Å². The normalized spacial score (nSPS) is 23.5. The third-order valence-electron chi connectivity index (χ3n) is 4.18. The van der Waals surface area contributed by atoms with Crippen molar-refractivity contribution in [2.75, 3.05) is 37.0 Å². The van der Waals surface area contributed by atoms with Gasteiger partial charge in [0.25, 0.3) is 0 Å². The first kappa shape index (κ1) is 12.8. The van der Waals surface area contributed by atoms with Gasteiger partial charge in [-0.25, -0.2) is 0 Å². The minimum absolute atomic E-state index is 0.685. The van der Waals surface area contributed by atoms with Gasteiger partial charge in [0.1, 0.15) is 0 Å². The molecule has 1 atom stereocenters. The van der Waals surface area contributed by atoms with E-state index in [0.717, 1.165) is 12.6 Å². The molecule has 0 amide bonds. The van der Waals surface area contributed by atoms with Gasteiger partial charge in [0.2, 0.25) is 0 Å². The van der Waals surface area contributed by atoms with Gasteiger partial charge in [0, 0.05) is 50.6 Å². The SMILES string of the molecule is CN(C)c1cccc(N2CCCC(NC3CC3)C2)c1. The lowest BCUT2D eigenvalue weighted by atomic mass is 10.0. The lowest BCUT2D eigenvalue weighted by molar-refractivity contribution is 0.420. The van der Waals surface area contributed by atoms with E-state index in [-0.39, 0.29) is 0 Å². The molecule has 1 saturated carbocycles. The molecule has 1 aromatic carbocycles. The zero-order valence-electron chi connectivity index (χ0n) is 12.1. The number of piperidine rings is 1. The number of nitrogens with zero attached hydrogens (tertiary/aromatic N) is 2. The zero-order valence-corrected chi connectivity index (χ0v) is 12.1. The molecule has 1 saturated heterocycles. The van der Waals surface area contributed by atoms with Crippen molar-refractivity contribution in [3.05, 3.63) is 24.3 Å². The van der Waals surface area contributed by atoms with E-state index in [4.69, 9.17) is 0 Å². The summed E-state index contributed by atoms with van der Waals surface area (Å²) >= 11 is 0. The lowest BCUT2D eigenvalue weighted by Gasteiger charge is -2.35. The first-order valence-electron chi connectivity index (χ1n) is 7.51. The predicted octanol–water partition coefficient (Wildman–Crippen LogP) is 2.47. The Bertz CT molecular complexity index is 426. The first-order chi connectivity index (χ1) is 9.22. The highest BCUT2D eigenvalue weighted by atomic mass is 15.2. The predicted molar refractivity (Wildman–Crippen MR) is 82.2 cm³/mol. The summed E-state index contributed by atoms with van der Waals surface area (Å²) in [5.74, 6) is 0. The van der Waals surface area contributed by atoms with Crippen LogP contribution in [0.2, 0.25) is 0 Å². The lowest BCUT2D eigenvalue weighted by Crippen LogP contribution is -2.46. The molecule has 2 aliphatic rings. The van der Waals surface area contributed by atoms with Crippen LogP contribution in [0.4, 0.5) is 11.4 Å². The molecule has 0 aromatic heterocycles. The molecule has 1 heterocycles. The monoisotopic (exact) mass is 259 g/mol. The Morgan fingerprint density at radius 2 is 2.00 bits per heavy atom. The summed E-state index contributed by atoms with van der Waals surface area (Å²) in [5, 5.41) is 3.78. The van der Waals surface area contributed by atoms with Crippen LogP contribution in [0.3, 0.4) is 0 Å². The molecule has 0 radical (unpaired) electrons. The zero-order chi connectivity index (χ0) is 13.2. The summed E-state index contributed by atoms with van der Waals surface area (Å²) < 4.78 is 0. The second-order valence-corrected chi connectivity index (χ2v) is 6.14. The standard InChI is InChI=1S/C16H25N3/c1-18(2)15-6-3-7-16(11-15)19-10-4-5-14(12-19)17-13-8-9-13/h3,6-7,11,13-14,17H,4-5,8-10,12H2,1-2H3. The minimum atomic E-state index is 0.685. The van der Waals surface area contributed by atoms with Crippen molar-refractivity contribution in [2.45, 2.75) is 37.8 Å². The average molecular weight is 259 g/mol. The van der Waals surface area contributed by atoms with Crippen molar-refractivity contribution in [1.82, 2.24) is 5.32 Å². The number of rotatable bonds is 4. The third-order valence-corrected chi connectivity index (χ3v) is 4.18. The average Bonchev–Trinajstić information content (AvgIpc) is 3.23. The molecule has 1 aliphatic heterocycles. The van der Waals surface area contributed by atoms with Crippen molar-refractivity contribution < 1.29 is 0 Å². The fraction of sp³-hybridized carbons (Fsp3) is 0.625. The molecular formula is C16H25N3. The molecule has 19 heavy (non-hydrogen) atoms.